The van der Waals surface area contributed by atoms with E-state index in [2.05, 4.69) is 0 Å². The lowest BCUT2D eigenvalue weighted by molar-refractivity contribution is -0.139. The number of nitrogens with zero attached hydrogens (tertiary/aromatic N) is 2. The van der Waals surface area contributed by atoms with Crippen molar-refractivity contribution in [2.75, 3.05) is 12.4 Å². The third-order valence-electron chi connectivity index (χ3n) is 4.95. The van der Waals surface area contributed by atoms with Crippen LogP contribution in [0.5, 0.6) is 0 Å². The van der Waals surface area contributed by atoms with Gasteiger partial charge in [-0.05, 0) is 19.4 Å². The summed E-state index contributed by atoms with van der Waals surface area (Å²) in [5.74, 6) is 0.219. The maximum Gasteiger partial charge on any atom is 0.338 e. The molecule has 1 fully saturated rings. The van der Waals surface area contributed by atoms with Crippen LogP contribution in [0.3, 0.4) is 0 Å². The highest BCUT2D eigenvalue weighted by atomic mass is 32.2. The van der Waals surface area contributed by atoms with Gasteiger partial charge in [-0.25, -0.2) is 9.79 Å². The minimum Gasteiger partial charge on any atom is -0.463 e. The first kappa shape index (κ1) is 19.5. The molecule has 0 aromatic heterocycles. The van der Waals surface area contributed by atoms with Crippen LogP contribution in [0, 0.1) is 6.92 Å². The number of fused-ring (bicyclic) bond motifs is 1. The van der Waals surface area contributed by atoms with E-state index in [0.717, 1.165) is 16.7 Å². The molecule has 0 saturated carbocycles. The van der Waals surface area contributed by atoms with Crippen LogP contribution in [0.15, 0.2) is 65.2 Å². The van der Waals surface area contributed by atoms with E-state index in [1.54, 1.807) is 23.6 Å². The number of carbonyl (C=O) groups is 2. The van der Waals surface area contributed by atoms with Crippen LogP contribution >= 0.6 is 11.8 Å². The van der Waals surface area contributed by atoms with Crippen molar-refractivity contribution in [2.45, 2.75) is 26.3 Å². The van der Waals surface area contributed by atoms with Crippen LogP contribution < -0.4 is 0 Å². The van der Waals surface area contributed by atoms with Gasteiger partial charge in [-0.15, -0.1) is 0 Å². The van der Waals surface area contributed by atoms with Gasteiger partial charge in [0.1, 0.15) is 0 Å². The standard InChI is InChI=1S/C23H22N2O3S/c1-3-28-22(27)19-20(16-7-5-4-6-8-16)24-23-25(18(26)13-14-29-23)21(19)17-11-9-15(2)10-12-17/h4-12,21H,3,13-14H2,1-2H3/t21-/m1/s1. The Morgan fingerprint density at radius 2 is 1.90 bits per heavy atom. The van der Waals surface area contributed by atoms with Gasteiger partial charge in [-0.2, -0.15) is 0 Å². The number of aliphatic imine (C=N–C) groups is 1. The number of hydrogen-bond donors (Lipinski definition) is 0. The van der Waals surface area contributed by atoms with Gasteiger partial charge in [0.15, 0.2) is 5.17 Å². The molecular formula is C23H22N2O3S. The van der Waals surface area contributed by atoms with E-state index in [1.165, 1.54) is 0 Å². The van der Waals surface area contributed by atoms with Crippen LogP contribution in [0.25, 0.3) is 5.70 Å². The number of hydrogen-bond acceptors (Lipinski definition) is 5. The Kier molecular flexibility index (Phi) is 5.53. The van der Waals surface area contributed by atoms with E-state index in [-0.39, 0.29) is 12.5 Å². The van der Waals surface area contributed by atoms with Gasteiger partial charge in [-0.1, -0.05) is 71.9 Å². The Labute approximate surface area is 174 Å². The van der Waals surface area contributed by atoms with Crippen LogP contribution in [0.4, 0.5) is 0 Å². The molecule has 0 bridgehead atoms. The first-order chi connectivity index (χ1) is 14.1. The first-order valence-corrected chi connectivity index (χ1v) is 10.7. The fourth-order valence-corrected chi connectivity index (χ4v) is 4.54. The quantitative estimate of drug-likeness (QED) is 0.709. The SMILES string of the molecule is CCOC(=O)C1=C(c2ccccc2)N=C2SCCC(=O)N2[C@@H]1c1ccc(C)cc1. The van der Waals surface area contributed by atoms with Gasteiger partial charge in [0.2, 0.25) is 5.91 Å². The average Bonchev–Trinajstić information content (AvgIpc) is 2.74. The topological polar surface area (TPSA) is 59.0 Å². The number of benzene rings is 2. The van der Waals surface area contributed by atoms with Gasteiger partial charge >= 0.3 is 5.97 Å². The molecule has 2 heterocycles. The number of ether oxygens (including phenoxy) is 1. The monoisotopic (exact) mass is 406 g/mol. The van der Waals surface area contributed by atoms with E-state index in [0.29, 0.717) is 28.6 Å². The molecule has 5 nitrogen and oxygen atoms in total. The third kappa shape index (κ3) is 3.72. The summed E-state index contributed by atoms with van der Waals surface area (Å²) >= 11 is 1.55. The Hall–Kier alpha value is -2.86. The molecule has 2 aliphatic rings. The van der Waals surface area contributed by atoms with Gasteiger partial charge in [-0.3, -0.25) is 9.69 Å². The molecule has 29 heavy (non-hydrogen) atoms. The highest BCUT2D eigenvalue weighted by molar-refractivity contribution is 8.14. The molecule has 148 valence electrons. The zero-order chi connectivity index (χ0) is 20.4. The van der Waals surface area contributed by atoms with E-state index in [1.807, 2.05) is 61.5 Å². The number of esters is 1. The summed E-state index contributed by atoms with van der Waals surface area (Å²) in [7, 11) is 0. The molecule has 0 N–H and O–H groups in total. The summed E-state index contributed by atoms with van der Waals surface area (Å²) in [5, 5.41) is 0.638. The highest BCUT2D eigenvalue weighted by Gasteiger charge is 2.42. The van der Waals surface area contributed by atoms with Crippen molar-refractivity contribution in [3.05, 3.63) is 76.9 Å². The van der Waals surface area contributed by atoms with E-state index in [9.17, 15) is 9.59 Å². The summed E-state index contributed by atoms with van der Waals surface area (Å²) in [6.07, 6.45) is 0.419. The van der Waals surface area contributed by atoms with Gasteiger partial charge in [0.05, 0.1) is 23.9 Å². The molecule has 2 aromatic rings. The maximum atomic E-state index is 13.1. The number of rotatable bonds is 4. The number of aryl methyl sites for hydroxylation is 1. The second-order valence-corrected chi connectivity index (χ2v) is 7.98. The van der Waals surface area contributed by atoms with Crippen molar-refractivity contribution >= 4 is 34.5 Å². The van der Waals surface area contributed by atoms with Gasteiger partial charge < -0.3 is 4.74 Å². The molecule has 0 aliphatic carbocycles. The number of carbonyl (C=O) groups excluding carboxylic acids is 2. The zero-order valence-electron chi connectivity index (χ0n) is 16.4. The van der Waals surface area contributed by atoms with E-state index < -0.39 is 12.0 Å². The smallest absolute Gasteiger partial charge is 0.338 e. The van der Waals surface area contributed by atoms with Crippen molar-refractivity contribution in [3.63, 3.8) is 0 Å². The summed E-state index contributed by atoms with van der Waals surface area (Å²) < 4.78 is 5.41. The molecule has 0 radical (unpaired) electrons. The molecule has 0 spiro atoms. The van der Waals surface area contributed by atoms with Gasteiger partial charge in [0, 0.05) is 17.7 Å². The average molecular weight is 407 g/mol. The second-order valence-electron chi connectivity index (χ2n) is 6.92. The van der Waals surface area contributed by atoms with Crippen molar-refractivity contribution in [1.82, 2.24) is 4.90 Å². The molecule has 4 rings (SSSR count). The molecule has 1 amide bonds. The van der Waals surface area contributed by atoms with E-state index >= 15 is 0 Å². The van der Waals surface area contributed by atoms with Crippen LogP contribution in [0.2, 0.25) is 0 Å². The summed E-state index contributed by atoms with van der Waals surface area (Å²) in [6, 6.07) is 17.0. The fourth-order valence-electron chi connectivity index (χ4n) is 3.58. The predicted molar refractivity (Wildman–Crippen MR) is 115 cm³/mol. The lowest BCUT2D eigenvalue weighted by atomic mass is 9.91. The number of thioether (sulfide) groups is 1. The predicted octanol–water partition coefficient (Wildman–Crippen LogP) is 4.35. The normalized spacial score (nSPS) is 19.0. The Morgan fingerprint density at radius 3 is 2.59 bits per heavy atom. The van der Waals surface area contributed by atoms with Crippen molar-refractivity contribution in [2.24, 2.45) is 4.99 Å². The minimum absolute atomic E-state index is 0.0259. The third-order valence-corrected chi connectivity index (χ3v) is 5.91. The molecule has 6 heteroatoms. The molecule has 0 unspecified atom stereocenters. The number of amidine groups is 1. The lowest BCUT2D eigenvalue weighted by Crippen LogP contribution is -2.45. The van der Waals surface area contributed by atoms with Crippen molar-refractivity contribution in [3.8, 4) is 0 Å². The highest BCUT2D eigenvalue weighted by Crippen LogP contribution is 2.43. The van der Waals surface area contributed by atoms with Crippen molar-refractivity contribution < 1.29 is 14.3 Å². The van der Waals surface area contributed by atoms with Crippen LogP contribution in [-0.4, -0.2) is 34.3 Å². The summed E-state index contributed by atoms with van der Waals surface area (Å²) in [4.78, 5) is 32.5. The van der Waals surface area contributed by atoms with Crippen LogP contribution in [0.1, 0.15) is 36.1 Å². The Morgan fingerprint density at radius 1 is 1.17 bits per heavy atom. The molecule has 2 aliphatic heterocycles. The summed E-state index contributed by atoms with van der Waals surface area (Å²) in [6.45, 7) is 4.04. The zero-order valence-corrected chi connectivity index (χ0v) is 17.2. The number of amides is 1. The Bertz CT molecular complexity index is 997. The second kappa shape index (κ2) is 8.25. The molecule has 1 saturated heterocycles. The van der Waals surface area contributed by atoms with Crippen LogP contribution in [-0.2, 0) is 14.3 Å². The first-order valence-electron chi connectivity index (χ1n) is 9.67. The maximum absolute atomic E-state index is 13.1. The minimum atomic E-state index is -0.558. The molecule has 2 aromatic carbocycles. The largest absolute Gasteiger partial charge is 0.463 e. The van der Waals surface area contributed by atoms with Crippen molar-refractivity contribution in [1.29, 1.82) is 0 Å². The molecule has 1 atom stereocenters. The fraction of sp³-hybridized carbons (Fsp3) is 0.261. The lowest BCUT2D eigenvalue weighted by Gasteiger charge is -2.39. The summed E-state index contributed by atoms with van der Waals surface area (Å²) in [5.41, 5.74) is 3.79. The van der Waals surface area contributed by atoms with E-state index in [4.69, 9.17) is 9.73 Å². The molecular weight excluding hydrogens is 384 g/mol. The van der Waals surface area contributed by atoms with Gasteiger partial charge in [0.25, 0.3) is 0 Å². The Balaban J connectivity index is 1.97.